The van der Waals surface area contributed by atoms with E-state index in [2.05, 4.69) is 0 Å². The Balaban J connectivity index is 1.93. The predicted octanol–water partition coefficient (Wildman–Crippen LogP) is 2.08. The molecule has 1 aliphatic carbocycles. The summed E-state index contributed by atoms with van der Waals surface area (Å²) in [6.45, 7) is 0. The van der Waals surface area contributed by atoms with Crippen molar-refractivity contribution in [2.24, 2.45) is 5.73 Å². The van der Waals surface area contributed by atoms with Crippen LogP contribution in [0.25, 0.3) is 0 Å². The van der Waals surface area contributed by atoms with E-state index in [1.165, 1.54) is 11.3 Å². The van der Waals surface area contributed by atoms with Gasteiger partial charge in [-0.1, -0.05) is 11.3 Å². The van der Waals surface area contributed by atoms with Crippen molar-refractivity contribution in [1.82, 2.24) is 0 Å². The summed E-state index contributed by atoms with van der Waals surface area (Å²) in [6, 6.07) is 3.39. The molecular weight excluding hydrogens is 200 g/mol. The Bertz CT molecular complexity index is 357. The van der Waals surface area contributed by atoms with Crippen molar-refractivity contribution in [1.29, 1.82) is 0 Å². The molecule has 4 nitrogen and oxygen atoms in total. The van der Waals surface area contributed by atoms with Crippen LogP contribution < -0.4 is 5.73 Å². The third-order valence-corrected chi connectivity index (χ3v) is 3.69. The number of hydrogen-bond donors (Lipinski definition) is 1. The topological polar surface area (TPSA) is 69.2 Å². The van der Waals surface area contributed by atoms with Crippen LogP contribution in [0, 0.1) is 10.1 Å². The highest BCUT2D eigenvalue weighted by molar-refractivity contribution is 7.15. The molecule has 0 aromatic carbocycles. The highest BCUT2D eigenvalue weighted by atomic mass is 32.1. The highest BCUT2D eigenvalue weighted by Gasteiger charge is 2.37. The minimum Gasteiger partial charge on any atom is -0.325 e. The first-order valence-corrected chi connectivity index (χ1v) is 5.43. The highest BCUT2D eigenvalue weighted by Crippen LogP contribution is 2.37. The molecule has 0 saturated heterocycles. The molecule has 0 spiro atoms. The Morgan fingerprint density at radius 1 is 1.57 bits per heavy atom. The van der Waals surface area contributed by atoms with Gasteiger partial charge < -0.3 is 5.73 Å². The van der Waals surface area contributed by atoms with Crippen molar-refractivity contribution in [3.05, 3.63) is 27.1 Å². The summed E-state index contributed by atoms with van der Waals surface area (Å²) in [5.41, 5.74) is 5.97. The average Bonchev–Trinajstić information content (AvgIpc) is 2.68. The average molecular weight is 212 g/mol. The lowest BCUT2D eigenvalue weighted by Crippen LogP contribution is -2.21. The number of rotatable bonds is 4. The summed E-state index contributed by atoms with van der Waals surface area (Å²) >= 11 is 1.25. The molecule has 2 N–H and O–H groups in total. The zero-order valence-corrected chi connectivity index (χ0v) is 8.55. The number of nitro groups is 1. The van der Waals surface area contributed by atoms with Crippen LogP contribution in [-0.4, -0.2) is 10.5 Å². The Morgan fingerprint density at radius 3 is 2.79 bits per heavy atom. The summed E-state index contributed by atoms with van der Waals surface area (Å²) in [6.07, 6.45) is 4.01. The first kappa shape index (κ1) is 9.61. The number of nitrogens with two attached hydrogens (primary N) is 1. The van der Waals surface area contributed by atoms with Crippen molar-refractivity contribution in [2.45, 2.75) is 31.2 Å². The summed E-state index contributed by atoms with van der Waals surface area (Å²) < 4.78 is 0. The summed E-state index contributed by atoms with van der Waals surface area (Å²) in [7, 11) is 0. The van der Waals surface area contributed by atoms with E-state index in [-0.39, 0.29) is 15.5 Å². The molecule has 1 aliphatic rings. The monoisotopic (exact) mass is 212 g/mol. The van der Waals surface area contributed by atoms with Gasteiger partial charge in [0, 0.05) is 16.5 Å². The molecule has 1 aromatic rings. The Morgan fingerprint density at radius 2 is 2.29 bits per heavy atom. The molecule has 1 fully saturated rings. The van der Waals surface area contributed by atoms with Crippen LogP contribution in [0.15, 0.2) is 12.1 Å². The van der Waals surface area contributed by atoms with E-state index in [0.717, 1.165) is 30.6 Å². The molecule has 0 bridgehead atoms. The van der Waals surface area contributed by atoms with E-state index in [4.69, 9.17) is 5.73 Å². The SMILES string of the molecule is NC1(CCc2ccc([N+](=O)[O-])s2)CC1. The van der Waals surface area contributed by atoms with Gasteiger partial charge in [-0.05, 0) is 31.7 Å². The predicted molar refractivity (Wildman–Crippen MR) is 55.4 cm³/mol. The van der Waals surface area contributed by atoms with Gasteiger partial charge in [-0.2, -0.15) is 0 Å². The van der Waals surface area contributed by atoms with Gasteiger partial charge >= 0.3 is 5.00 Å². The van der Waals surface area contributed by atoms with E-state index in [0.29, 0.717) is 0 Å². The molecule has 14 heavy (non-hydrogen) atoms. The molecule has 0 unspecified atom stereocenters. The van der Waals surface area contributed by atoms with Crippen LogP contribution in [0.3, 0.4) is 0 Å². The zero-order chi connectivity index (χ0) is 10.2. The summed E-state index contributed by atoms with van der Waals surface area (Å²) in [5, 5.41) is 10.6. The van der Waals surface area contributed by atoms with E-state index in [1.807, 2.05) is 6.07 Å². The molecule has 1 heterocycles. The fraction of sp³-hybridized carbons (Fsp3) is 0.556. The maximum atomic E-state index is 10.4. The third kappa shape index (κ3) is 2.10. The lowest BCUT2D eigenvalue weighted by molar-refractivity contribution is -0.380. The molecule has 0 atom stereocenters. The van der Waals surface area contributed by atoms with Crippen LogP contribution in [-0.2, 0) is 6.42 Å². The first-order chi connectivity index (χ1) is 6.59. The molecule has 1 saturated carbocycles. The van der Waals surface area contributed by atoms with Gasteiger partial charge in [0.05, 0.1) is 4.92 Å². The van der Waals surface area contributed by atoms with Gasteiger partial charge in [0.25, 0.3) is 0 Å². The molecule has 76 valence electrons. The summed E-state index contributed by atoms with van der Waals surface area (Å²) in [5.74, 6) is 0. The maximum Gasteiger partial charge on any atom is 0.324 e. The van der Waals surface area contributed by atoms with Gasteiger partial charge in [-0.3, -0.25) is 10.1 Å². The van der Waals surface area contributed by atoms with Crippen molar-refractivity contribution in [2.75, 3.05) is 0 Å². The molecule has 2 rings (SSSR count). The van der Waals surface area contributed by atoms with E-state index >= 15 is 0 Å². The second-order valence-electron chi connectivity index (χ2n) is 3.86. The standard InChI is InChI=1S/C9H12N2O2S/c10-9(5-6-9)4-3-7-1-2-8(14-7)11(12)13/h1-2H,3-6,10H2. The van der Waals surface area contributed by atoms with E-state index in [1.54, 1.807) is 6.07 Å². The fourth-order valence-corrected chi connectivity index (χ4v) is 2.20. The van der Waals surface area contributed by atoms with Gasteiger partial charge in [-0.25, -0.2) is 0 Å². The molecule has 0 amide bonds. The van der Waals surface area contributed by atoms with Crippen molar-refractivity contribution in [3.8, 4) is 0 Å². The van der Waals surface area contributed by atoms with Gasteiger partial charge in [-0.15, -0.1) is 0 Å². The molecule has 0 radical (unpaired) electrons. The lowest BCUT2D eigenvalue weighted by atomic mass is 10.1. The third-order valence-electron chi connectivity index (χ3n) is 2.59. The van der Waals surface area contributed by atoms with Gasteiger partial charge in [0.1, 0.15) is 0 Å². The first-order valence-electron chi connectivity index (χ1n) is 4.61. The lowest BCUT2D eigenvalue weighted by Gasteiger charge is -2.05. The number of thiophene rings is 1. The zero-order valence-electron chi connectivity index (χ0n) is 7.73. The Hall–Kier alpha value is -0.940. The number of aryl methyl sites for hydroxylation is 1. The van der Waals surface area contributed by atoms with Crippen LogP contribution in [0.4, 0.5) is 5.00 Å². The minimum atomic E-state index is -0.344. The van der Waals surface area contributed by atoms with Crippen LogP contribution >= 0.6 is 11.3 Å². The fourth-order valence-electron chi connectivity index (χ4n) is 1.38. The van der Waals surface area contributed by atoms with Crippen molar-refractivity contribution in [3.63, 3.8) is 0 Å². The summed E-state index contributed by atoms with van der Waals surface area (Å²) in [4.78, 5) is 11.1. The van der Waals surface area contributed by atoms with Gasteiger partial charge in [0.2, 0.25) is 0 Å². The minimum absolute atomic E-state index is 0.0404. The van der Waals surface area contributed by atoms with E-state index in [9.17, 15) is 10.1 Å². The Kier molecular flexibility index (Phi) is 2.28. The van der Waals surface area contributed by atoms with E-state index < -0.39 is 0 Å². The van der Waals surface area contributed by atoms with Crippen LogP contribution in [0.5, 0.6) is 0 Å². The normalized spacial score (nSPS) is 18.1. The molecule has 0 aliphatic heterocycles. The van der Waals surface area contributed by atoms with Crippen molar-refractivity contribution < 1.29 is 4.92 Å². The number of hydrogen-bond acceptors (Lipinski definition) is 4. The molecule has 5 heteroatoms. The molecule has 1 aromatic heterocycles. The largest absolute Gasteiger partial charge is 0.325 e. The van der Waals surface area contributed by atoms with Crippen LogP contribution in [0.2, 0.25) is 0 Å². The maximum absolute atomic E-state index is 10.4. The smallest absolute Gasteiger partial charge is 0.324 e. The van der Waals surface area contributed by atoms with Crippen LogP contribution in [0.1, 0.15) is 24.1 Å². The number of nitrogens with zero attached hydrogens (tertiary/aromatic N) is 1. The Labute approximate surface area is 85.9 Å². The van der Waals surface area contributed by atoms with Crippen molar-refractivity contribution >= 4 is 16.3 Å². The van der Waals surface area contributed by atoms with Gasteiger partial charge in [0.15, 0.2) is 0 Å². The molecular formula is C9H12N2O2S. The second-order valence-corrected chi connectivity index (χ2v) is 5.01. The second kappa shape index (κ2) is 3.33. The quantitative estimate of drug-likeness (QED) is 0.613.